The Labute approximate surface area is 177 Å². The van der Waals surface area contributed by atoms with Gasteiger partial charge in [0.15, 0.2) is 0 Å². The number of rotatable bonds is 4. The molecule has 1 atom stereocenters. The van der Waals surface area contributed by atoms with Crippen molar-refractivity contribution < 1.29 is 14.3 Å². The van der Waals surface area contributed by atoms with E-state index in [1.54, 1.807) is 18.0 Å². The van der Waals surface area contributed by atoms with Crippen LogP contribution in [0.5, 0.6) is 5.75 Å². The minimum Gasteiger partial charge on any atom is -0.491 e. The molecule has 1 fully saturated rings. The largest absolute Gasteiger partial charge is 0.491 e. The molecule has 0 saturated carbocycles. The molecular formula is C24H29N3O3. The Morgan fingerprint density at radius 1 is 1.20 bits per heavy atom. The summed E-state index contributed by atoms with van der Waals surface area (Å²) < 4.78 is 5.79. The lowest BCUT2D eigenvalue weighted by Crippen LogP contribution is -2.38. The van der Waals surface area contributed by atoms with Gasteiger partial charge in [-0.25, -0.2) is 0 Å². The number of pyridine rings is 1. The minimum absolute atomic E-state index is 0.0542. The molecule has 2 amide bonds. The molecule has 0 N–H and O–H groups in total. The van der Waals surface area contributed by atoms with Gasteiger partial charge < -0.3 is 14.5 Å². The van der Waals surface area contributed by atoms with Crippen LogP contribution < -0.4 is 4.74 Å². The van der Waals surface area contributed by atoms with E-state index in [2.05, 4.69) is 17.1 Å². The van der Waals surface area contributed by atoms with Crippen molar-refractivity contribution in [1.29, 1.82) is 0 Å². The lowest BCUT2D eigenvalue weighted by atomic mass is 9.95. The van der Waals surface area contributed by atoms with Crippen LogP contribution in [0.15, 0.2) is 42.7 Å². The van der Waals surface area contributed by atoms with Gasteiger partial charge in [0, 0.05) is 44.4 Å². The third-order valence-electron chi connectivity index (χ3n) is 6.07. The maximum absolute atomic E-state index is 13.1. The van der Waals surface area contributed by atoms with Gasteiger partial charge in [-0.1, -0.05) is 18.2 Å². The van der Waals surface area contributed by atoms with Gasteiger partial charge in [-0.05, 0) is 48.9 Å². The fraction of sp³-hybridized carbons (Fsp3) is 0.458. The van der Waals surface area contributed by atoms with Crippen LogP contribution in [0.25, 0.3) is 0 Å². The average Bonchev–Trinajstić information content (AvgIpc) is 3.00. The first kappa shape index (κ1) is 20.4. The molecule has 30 heavy (non-hydrogen) atoms. The topological polar surface area (TPSA) is 62.7 Å². The predicted molar refractivity (Wildman–Crippen MR) is 114 cm³/mol. The zero-order valence-corrected chi connectivity index (χ0v) is 17.5. The van der Waals surface area contributed by atoms with Crippen molar-refractivity contribution in [3.63, 3.8) is 0 Å². The lowest BCUT2D eigenvalue weighted by Gasteiger charge is -2.36. The van der Waals surface area contributed by atoms with E-state index in [9.17, 15) is 9.59 Å². The molecule has 4 rings (SSSR count). The molecule has 1 aromatic heterocycles. The molecule has 2 aromatic rings. The zero-order chi connectivity index (χ0) is 20.9. The van der Waals surface area contributed by atoms with Crippen LogP contribution in [-0.2, 0) is 22.6 Å². The highest BCUT2D eigenvalue weighted by Crippen LogP contribution is 2.31. The van der Waals surface area contributed by atoms with E-state index in [0.29, 0.717) is 32.5 Å². The number of nitrogens with zero attached hydrogens (tertiary/aromatic N) is 3. The van der Waals surface area contributed by atoms with Gasteiger partial charge in [0.25, 0.3) is 0 Å². The second-order valence-corrected chi connectivity index (χ2v) is 8.12. The molecule has 0 bridgehead atoms. The molecule has 1 saturated heterocycles. The monoisotopic (exact) mass is 407 g/mol. The van der Waals surface area contributed by atoms with Crippen LogP contribution in [-0.4, -0.2) is 46.3 Å². The van der Waals surface area contributed by atoms with E-state index in [4.69, 9.17) is 4.74 Å². The van der Waals surface area contributed by atoms with Gasteiger partial charge >= 0.3 is 0 Å². The number of ether oxygens (including phenoxy) is 1. The van der Waals surface area contributed by atoms with Crippen molar-refractivity contribution in [3.05, 3.63) is 59.4 Å². The van der Waals surface area contributed by atoms with E-state index < -0.39 is 0 Å². The molecule has 0 spiro atoms. The summed E-state index contributed by atoms with van der Waals surface area (Å²) in [4.78, 5) is 32.9. The molecular weight excluding hydrogens is 378 g/mol. The van der Waals surface area contributed by atoms with Gasteiger partial charge in [0.05, 0.1) is 12.6 Å². The first-order chi connectivity index (χ1) is 14.6. The number of likely N-dealkylation sites (tertiary alicyclic amines) is 1. The Morgan fingerprint density at radius 3 is 2.90 bits per heavy atom. The van der Waals surface area contributed by atoms with E-state index >= 15 is 0 Å². The van der Waals surface area contributed by atoms with Gasteiger partial charge in [-0.3, -0.25) is 14.6 Å². The van der Waals surface area contributed by atoms with Crippen LogP contribution in [0.3, 0.4) is 0 Å². The van der Waals surface area contributed by atoms with Crippen molar-refractivity contribution >= 4 is 11.8 Å². The Balaban J connectivity index is 1.43. The Kier molecular flexibility index (Phi) is 6.31. The molecule has 6 nitrogen and oxygen atoms in total. The van der Waals surface area contributed by atoms with Crippen LogP contribution in [0.4, 0.5) is 0 Å². The van der Waals surface area contributed by atoms with Crippen LogP contribution in [0, 0.1) is 0 Å². The third-order valence-corrected chi connectivity index (χ3v) is 6.07. The maximum atomic E-state index is 13.1. The first-order valence-electron chi connectivity index (χ1n) is 10.8. The molecule has 6 heteroatoms. The second-order valence-electron chi connectivity index (χ2n) is 8.12. The molecule has 0 aliphatic carbocycles. The summed E-state index contributed by atoms with van der Waals surface area (Å²) in [6.07, 6.45) is 8.00. The van der Waals surface area contributed by atoms with Crippen LogP contribution >= 0.6 is 0 Å². The van der Waals surface area contributed by atoms with Crippen molar-refractivity contribution in [2.45, 2.75) is 51.6 Å². The smallest absolute Gasteiger partial charge is 0.223 e. The normalized spacial score (nSPS) is 18.9. The van der Waals surface area contributed by atoms with Crippen LogP contribution in [0.1, 0.15) is 55.3 Å². The number of hydrogen-bond donors (Lipinski definition) is 0. The number of carbonyl (C=O) groups is 2. The van der Waals surface area contributed by atoms with E-state index in [-0.39, 0.29) is 17.9 Å². The average molecular weight is 408 g/mol. The SMILES string of the molecule is CC(=O)N1CCOc2ccc(CCC(=O)N3CCCCC3c3cccnc3)cc2C1. The Morgan fingerprint density at radius 2 is 2.10 bits per heavy atom. The summed E-state index contributed by atoms with van der Waals surface area (Å²) in [5.74, 6) is 1.08. The first-order valence-corrected chi connectivity index (χ1v) is 10.8. The highest BCUT2D eigenvalue weighted by Gasteiger charge is 2.27. The molecule has 2 aliphatic heterocycles. The minimum atomic E-state index is 0.0542. The number of amides is 2. The third kappa shape index (κ3) is 4.64. The molecule has 1 unspecified atom stereocenters. The number of piperidine rings is 1. The molecule has 0 radical (unpaired) electrons. The fourth-order valence-electron chi connectivity index (χ4n) is 4.42. The summed E-state index contributed by atoms with van der Waals surface area (Å²) in [5.41, 5.74) is 3.24. The van der Waals surface area contributed by atoms with Crippen LogP contribution in [0.2, 0.25) is 0 Å². The van der Waals surface area contributed by atoms with Gasteiger partial charge in [0.1, 0.15) is 12.4 Å². The number of hydrogen-bond acceptors (Lipinski definition) is 4. The number of fused-ring (bicyclic) bond motifs is 1. The van der Waals surface area contributed by atoms with E-state index in [1.807, 2.05) is 29.3 Å². The number of aryl methyl sites for hydroxylation is 1. The molecule has 2 aliphatic rings. The van der Waals surface area contributed by atoms with Gasteiger partial charge in [0.2, 0.25) is 11.8 Å². The summed E-state index contributed by atoms with van der Waals surface area (Å²) in [7, 11) is 0. The van der Waals surface area contributed by atoms with Crippen molar-refractivity contribution in [2.75, 3.05) is 19.7 Å². The summed E-state index contributed by atoms with van der Waals surface area (Å²) in [5, 5.41) is 0. The number of carbonyl (C=O) groups excluding carboxylic acids is 2. The lowest BCUT2D eigenvalue weighted by molar-refractivity contribution is -0.135. The second kappa shape index (κ2) is 9.28. The van der Waals surface area contributed by atoms with Crippen molar-refractivity contribution in [3.8, 4) is 5.75 Å². The van der Waals surface area contributed by atoms with E-state index in [0.717, 1.165) is 48.2 Å². The quantitative estimate of drug-likeness (QED) is 0.778. The predicted octanol–water partition coefficient (Wildman–Crippen LogP) is 3.51. The maximum Gasteiger partial charge on any atom is 0.223 e. The van der Waals surface area contributed by atoms with Gasteiger partial charge in [-0.2, -0.15) is 0 Å². The van der Waals surface area contributed by atoms with E-state index in [1.165, 1.54) is 0 Å². The zero-order valence-electron chi connectivity index (χ0n) is 17.5. The van der Waals surface area contributed by atoms with Gasteiger partial charge in [-0.15, -0.1) is 0 Å². The fourth-order valence-corrected chi connectivity index (χ4v) is 4.42. The molecule has 3 heterocycles. The summed E-state index contributed by atoms with van der Waals surface area (Å²) >= 11 is 0. The molecule has 1 aromatic carbocycles. The summed E-state index contributed by atoms with van der Waals surface area (Å²) in [6.45, 7) is 4.06. The number of benzene rings is 1. The standard InChI is InChI=1S/C24H29N3O3/c1-18(28)26-13-14-30-23-9-7-19(15-21(23)17-26)8-10-24(29)27-12-3-2-6-22(27)20-5-4-11-25-16-20/h4-5,7,9,11,15-16,22H,2-3,6,8,10,12-14,17H2,1H3. The highest BCUT2D eigenvalue weighted by atomic mass is 16.5. The summed E-state index contributed by atoms with van der Waals surface area (Å²) in [6, 6.07) is 10.2. The molecule has 158 valence electrons. The van der Waals surface area contributed by atoms with Crippen molar-refractivity contribution in [2.24, 2.45) is 0 Å². The highest BCUT2D eigenvalue weighted by molar-refractivity contribution is 5.77. The van der Waals surface area contributed by atoms with Crippen molar-refractivity contribution in [1.82, 2.24) is 14.8 Å². The number of aromatic nitrogens is 1. The Bertz CT molecular complexity index is 900. The Hall–Kier alpha value is -2.89.